The molecule has 0 bridgehead atoms. The van der Waals surface area contributed by atoms with E-state index in [2.05, 4.69) is 27.6 Å². The van der Waals surface area contributed by atoms with Crippen LogP contribution in [-0.2, 0) is 37.0 Å². The summed E-state index contributed by atoms with van der Waals surface area (Å²) in [5.74, 6) is 1.16. The Hall–Kier alpha value is -3.01. The van der Waals surface area contributed by atoms with Gasteiger partial charge in [0.05, 0.1) is 11.3 Å². The number of aromatic nitrogens is 3. The lowest BCUT2D eigenvalue weighted by molar-refractivity contribution is -0.137. The van der Waals surface area contributed by atoms with Gasteiger partial charge in [0.1, 0.15) is 12.4 Å². The molecule has 1 aromatic heterocycles. The maximum Gasteiger partial charge on any atom is 0.416 e. The molecule has 2 aromatic carbocycles. The number of thioether (sulfide) groups is 1. The van der Waals surface area contributed by atoms with Crippen LogP contribution < -0.4 is 10.1 Å². The van der Waals surface area contributed by atoms with E-state index in [4.69, 9.17) is 4.74 Å². The Balaban J connectivity index is 1.32. The third-order valence-electron chi connectivity index (χ3n) is 5.63. The van der Waals surface area contributed by atoms with Crippen molar-refractivity contribution in [3.63, 3.8) is 0 Å². The van der Waals surface area contributed by atoms with Gasteiger partial charge in [-0.2, -0.15) is 13.2 Å². The quantitative estimate of drug-likeness (QED) is 0.422. The number of alkyl halides is 3. The maximum absolute atomic E-state index is 12.7. The summed E-state index contributed by atoms with van der Waals surface area (Å²) in [6, 6.07) is 10.5. The van der Waals surface area contributed by atoms with Gasteiger partial charge in [-0.25, -0.2) is 0 Å². The first kappa shape index (κ1) is 24.1. The normalized spacial score (nSPS) is 13.4. The molecule has 1 aliphatic rings. The molecular formula is C24H25F3N4O2S. The van der Waals surface area contributed by atoms with Crippen molar-refractivity contribution in [3.05, 3.63) is 65.0 Å². The number of aryl methyl sites for hydroxylation is 2. The summed E-state index contributed by atoms with van der Waals surface area (Å²) in [4.78, 5) is 12.3. The van der Waals surface area contributed by atoms with Gasteiger partial charge in [0.15, 0.2) is 11.0 Å². The predicted molar refractivity (Wildman–Crippen MR) is 124 cm³/mol. The second-order valence-corrected chi connectivity index (χ2v) is 8.92. The largest absolute Gasteiger partial charge is 0.486 e. The van der Waals surface area contributed by atoms with Gasteiger partial charge in [0.2, 0.25) is 5.91 Å². The van der Waals surface area contributed by atoms with Gasteiger partial charge in [-0.15, -0.1) is 10.2 Å². The van der Waals surface area contributed by atoms with Crippen molar-refractivity contribution in [2.75, 3.05) is 11.1 Å². The Labute approximate surface area is 199 Å². The van der Waals surface area contributed by atoms with Crippen LogP contribution in [0.15, 0.2) is 47.6 Å². The predicted octanol–water partition coefficient (Wildman–Crippen LogP) is 5.51. The third kappa shape index (κ3) is 5.91. The maximum atomic E-state index is 12.7. The average molecular weight is 491 g/mol. The van der Waals surface area contributed by atoms with Crippen LogP contribution in [0.3, 0.4) is 0 Å². The van der Waals surface area contributed by atoms with Gasteiger partial charge in [0, 0.05) is 12.2 Å². The second kappa shape index (κ2) is 10.5. The van der Waals surface area contributed by atoms with E-state index in [0.717, 1.165) is 30.7 Å². The van der Waals surface area contributed by atoms with E-state index in [1.54, 1.807) is 0 Å². The number of benzene rings is 2. The monoisotopic (exact) mass is 490 g/mol. The Bertz CT molecular complexity index is 1150. The fraction of sp³-hybridized carbons (Fsp3) is 0.375. The number of fused-ring (bicyclic) bond motifs is 1. The molecule has 3 aromatic rings. The third-order valence-corrected chi connectivity index (χ3v) is 6.59. The number of amides is 1. The van der Waals surface area contributed by atoms with Crippen molar-refractivity contribution in [1.82, 2.24) is 14.8 Å². The number of halogens is 3. The Morgan fingerprint density at radius 1 is 1.09 bits per heavy atom. The number of rotatable bonds is 8. The summed E-state index contributed by atoms with van der Waals surface area (Å²) in [6.07, 6.45) is 0.215. The molecule has 180 valence electrons. The summed E-state index contributed by atoms with van der Waals surface area (Å²) >= 11 is 1.21. The average Bonchev–Trinajstić information content (AvgIpc) is 3.23. The van der Waals surface area contributed by atoms with Gasteiger partial charge in [-0.05, 0) is 80.1 Å². The summed E-state index contributed by atoms with van der Waals surface area (Å²) in [5, 5.41) is 11.6. The van der Waals surface area contributed by atoms with Crippen molar-refractivity contribution in [2.24, 2.45) is 0 Å². The number of carbonyl (C=O) groups excluding carboxylic acids is 1. The van der Waals surface area contributed by atoms with E-state index in [1.165, 1.54) is 47.9 Å². The lowest BCUT2D eigenvalue weighted by Crippen LogP contribution is -2.15. The summed E-state index contributed by atoms with van der Waals surface area (Å²) < 4.78 is 45.8. The molecule has 6 nitrogen and oxygen atoms in total. The zero-order chi connectivity index (χ0) is 24.1. The highest BCUT2D eigenvalue weighted by atomic mass is 32.2. The van der Waals surface area contributed by atoms with Crippen LogP contribution in [0.4, 0.5) is 18.9 Å². The van der Waals surface area contributed by atoms with Gasteiger partial charge in [-0.3, -0.25) is 4.79 Å². The Morgan fingerprint density at radius 2 is 1.82 bits per heavy atom. The number of nitrogens with one attached hydrogen (secondary N) is 1. The van der Waals surface area contributed by atoms with Crippen molar-refractivity contribution in [2.45, 2.75) is 57.1 Å². The van der Waals surface area contributed by atoms with Crippen molar-refractivity contribution in [3.8, 4) is 5.75 Å². The highest BCUT2D eigenvalue weighted by molar-refractivity contribution is 7.99. The van der Waals surface area contributed by atoms with Gasteiger partial charge >= 0.3 is 6.18 Å². The molecule has 0 spiro atoms. The van der Waals surface area contributed by atoms with E-state index < -0.39 is 11.7 Å². The minimum atomic E-state index is -4.41. The molecule has 1 heterocycles. The highest BCUT2D eigenvalue weighted by Crippen LogP contribution is 2.30. The van der Waals surface area contributed by atoms with Crippen LogP contribution in [0, 0.1) is 0 Å². The zero-order valence-corrected chi connectivity index (χ0v) is 19.5. The Morgan fingerprint density at radius 3 is 2.53 bits per heavy atom. The first-order valence-corrected chi connectivity index (χ1v) is 12.1. The molecule has 0 saturated heterocycles. The number of nitrogens with zero attached hydrogens (tertiary/aromatic N) is 3. The lowest BCUT2D eigenvalue weighted by Gasteiger charge is -2.16. The molecule has 0 fully saturated rings. The molecule has 10 heteroatoms. The first-order valence-electron chi connectivity index (χ1n) is 11.1. The molecule has 1 N–H and O–H groups in total. The van der Waals surface area contributed by atoms with Gasteiger partial charge in [0.25, 0.3) is 0 Å². The Kier molecular flexibility index (Phi) is 7.45. The molecule has 0 atom stereocenters. The standard InChI is InChI=1S/C24H25F3N4O2S/c1-2-31-21(14-33-20-12-7-16-5-3-4-6-17(16)13-20)29-30-23(31)34-15-22(32)28-19-10-8-18(9-11-19)24(25,26)27/h7-13H,2-6,14-15H2,1H3,(H,28,32). The van der Waals surface area contributed by atoms with E-state index in [0.29, 0.717) is 23.2 Å². The van der Waals surface area contributed by atoms with Crippen LogP contribution in [-0.4, -0.2) is 26.4 Å². The molecule has 0 saturated carbocycles. The minimum Gasteiger partial charge on any atom is -0.486 e. The van der Waals surface area contributed by atoms with Crippen LogP contribution in [0.1, 0.15) is 42.3 Å². The number of anilines is 1. The zero-order valence-electron chi connectivity index (χ0n) is 18.7. The van der Waals surface area contributed by atoms with Gasteiger partial charge < -0.3 is 14.6 Å². The highest BCUT2D eigenvalue weighted by Gasteiger charge is 2.30. The molecule has 0 radical (unpaired) electrons. The summed E-state index contributed by atoms with van der Waals surface area (Å²) in [5.41, 5.74) is 2.27. The smallest absolute Gasteiger partial charge is 0.416 e. The SMILES string of the molecule is CCn1c(COc2ccc3c(c2)CCCC3)nnc1SCC(=O)Nc1ccc(C(F)(F)F)cc1. The van der Waals surface area contributed by atoms with Crippen molar-refractivity contribution in [1.29, 1.82) is 0 Å². The van der Waals surface area contributed by atoms with Crippen LogP contribution in [0.2, 0.25) is 0 Å². The summed E-state index contributed by atoms with van der Waals surface area (Å²) in [6.45, 7) is 2.83. The van der Waals surface area contributed by atoms with Crippen molar-refractivity contribution >= 4 is 23.4 Å². The van der Waals surface area contributed by atoms with Crippen molar-refractivity contribution < 1.29 is 22.7 Å². The fourth-order valence-corrected chi connectivity index (χ4v) is 4.69. The van der Waals surface area contributed by atoms with E-state index >= 15 is 0 Å². The topological polar surface area (TPSA) is 69.0 Å². The number of carbonyl (C=O) groups is 1. The molecule has 1 aliphatic carbocycles. The lowest BCUT2D eigenvalue weighted by atomic mass is 9.92. The fourth-order valence-electron chi connectivity index (χ4n) is 3.87. The molecule has 4 rings (SSSR count). The minimum absolute atomic E-state index is 0.0465. The van der Waals surface area contributed by atoms with Crippen LogP contribution in [0.25, 0.3) is 0 Å². The molecular weight excluding hydrogens is 465 g/mol. The van der Waals surface area contributed by atoms with E-state index in [9.17, 15) is 18.0 Å². The van der Waals surface area contributed by atoms with Gasteiger partial charge in [-0.1, -0.05) is 17.8 Å². The molecule has 34 heavy (non-hydrogen) atoms. The van der Waals surface area contributed by atoms with E-state index in [-0.39, 0.29) is 18.3 Å². The second-order valence-electron chi connectivity index (χ2n) is 7.98. The molecule has 0 aliphatic heterocycles. The first-order chi connectivity index (χ1) is 16.3. The van der Waals surface area contributed by atoms with Crippen LogP contribution in [0.5, 0.6) is 5.75 Å². The molecule has 1 amide bonds. The van der Waals surface area contributed by atoms with Crippen LogP contribution >= 0.6 is 11.8 Å². The molecule has 0 unspecified atom stereocenters. The van der Waals surface area contributed by atoms with E-state index in [1.807, 2.05) is 17.6 Å². The summed E-state index contributed by atoms with van der Waals surface area (Å²) in [7, 11) is 0. The number of hydrogen-bond acceptors (Lipinski definition) is 5. The number of hydrogen-bond donors (Lipinski definition) is 1. The number of ether oxygens (including phenoxy) is 1.